The molecule has 0 saturated heterocycles. The molecular formula is C11H16FN. The summed E-state index contributed by atoms with van der Waals surface area (Å²) in [5.41, 5.74) is 1.68. The molecule has 0 aliphatic rings. The van der Waals surface area contributed by atoms with Crippen LogP contribution in [0.2, 0.25) is 0 Å². The highest BCUT2D eigenvalue weighted by Crippen LogP contribution is 2.14. The summed E-state index contributed by atoms with van der Waals surface area (Å²) in [5.74, 6) is -0.144. The van der Waals surface area contributed by atoms with Crippen LogP contribution in [0.25, 0.3) is 0 Å². The molecule has 13 heavy (non-hydrogen) atoms. The largest absolute Gasteiger partial charge is 0.383 e. The third-order valence-corrected chi connectivity index (χ3v) is 2.18. The lowest BCUT2D eigenvalue weighted by Crippen LogP contribution is -2.13. The molecule has 0 fully saturated rings. The Kier molecular flexibility index (Phi) is 3.29. The number of benzene rings is 1. The van der Waals surface area contributed by atoms with E-state index in [1.54, 1.807) is 13.0 Å². The maximum Gasteiger partial charge on any atom is 0.126 e. The number of aryl methyl sites for hydroxylation is 1. The van der Waals surface area contributed by atoms with Gasteiger partial charge in [-0.15, -0.1) is 0 Å². The van der Waals surface area contributed by atoms with Gasteiger partial charge in [-0.1, -0.05) is 6.92 Å². The zero-order valence-electron chi connectivity index (χ0n) is 8.39. The van der Waals surface area contributed by atoms with Gasteiger partial charge in [-0.2, -0.15) is 0 Å². The fourth-order valence-electron chi connectivity index (χ4n) is 1.12. The van der Waals surface area contributed by atoms with Gasteiger partial charge < -0.3 is 5.32 Å². The minimum absolute atomic E-state index is 0.144. The lowest BCUT2D eigenvalue weighted by atomic mass is 10.2. The van der Waals surface area contributed by atoms with Crippen molar-refractivity contribution in [2.45, 2.75) is 33.2 Å². The van der Waals surface area contributed by atoms with E-state index in [0.717, 1.165) is 12.1 Å². The van der Waals surface area contributed by atoms with Gasteiger partial charge in [0.25, 0.3) is 0 Å². The maximum absolute atomic E-state index is 12.9. The Morgan fingerprint density at radius 1 is 1.46 bits per heavy atom. The van der Waals surface area contributed by atoms with Crippen LogP contribution in [0.15, 0.2) is 18.2 Å². The summed E-state index contributed by atoms with van der Waals surface area (Å²) in [7, 11) is 0. The molecule has 0 bridgehead atoms. The molecule has 0 aromatic heterocycles. The predicted molar refractivity (Wildman–Crippen MR) is 54.5 cm³/mol. The van der Waals surface area contributed by atoms with Crippen molar-refractivity contribution in [2.24, 2.45) is 0 Å². The third-order valence-electron chi connectivity index (χ3n) is 2.18. The van der Waals surface area contributed by atoms with Crippen molar-refractivity contribution in [3.8, 4) is 0 Å². The first-order chi connectivity index (χ1) is 6.13. The van der Waals surface area contributed by atoms with E-state index in [0.29, 0.717) is 11.6 Å². The second-order valence-corrected chi connectivity index (χ2v) is 3.42. The summed E-state index contributed by atoms with van der Waals surface area (Å²) >= 11 is 0. The first-order valence-corrected chi connectivity index (χ1v) is 4.66. The molecule has 0 heterocycles. The van der Waals surface area contributed by atoms with E-state index in [-0.39, 0.29) is 5.82 Å². The standard InChI is InChI=1S/C11H16FN/c1-4-9(3)13-10-5-6-11(12)8(2)7-10/h5-7,9,13H,4H2,1-3H3. The van der Waals surface area contributed by atoms with Crippen LogP contribution < -0.4 is 5.32 Å². The van der Waals surface area contributed by atoms with Crippen molar-refractivity contribution in [2.75, 3.05) is 5.32 Å². The van der Waals surface area contributed by atoms with Crippen molar-refractivity contribution in [3.63, 3.8) is 0 Å². The quantitative estimate of drug-likeness (QED) is 0.754. The number of nitrogens with one attached hydrogen (secondary N) is 1. The Hall–Kier alpha value is -1.05. The first kappa shape index (κ1) is 10.0. The summed E-state index contributed by atoms with van der Waals surface area (Å²) in [5, 5.41) is 3.29. The fourth-order valence-corrected chi connectivity index (χ4v) is 1.12. The summed E-state index contributed by atoms with van der Waals surface area (Å²) in [6.07, 6.45) is 1.07. The van der Waals surface area contributed by atoms with Crippen LogP contribution in [-0.4, -0.2) is 6.04 Å². The Balaban J connectivity index is 2.73. The fraction of sp³-hybridized carbons (Fsp3) is 0.455. The van der Waals surface area contributed by atoms with Crippen LogP contribution in [-0.2, 0) is 0 Å². The minimum Gasteiger partial charge on any atom is -0.383 e. The second kappa shape index (κ2) is 4.26. The van der Waals surface area contributed by atoms with Gasteiger partial charge in [0.05, 0.1) is 0 Å². The number of halogens is 1. The first-order valence-electron chi connectivity index (χ1n) is 4.66. The number of hydrogen-bond donors (Lipinski definition) is 1. The van der Waals surface area contributed by atoms with E-state index < -0.39 is 0 Å². The van der Waals surface area contributed by atoms with Crippen LogP contribution in [0.4, 0.5) is 10.1 Å². The van der Waals surface area contributed by atoms with Gasteiger partial charge in [0.2, 0.25) is 0 Å². The van der Waals surface area contributed by atoms with E-state index in [1.807, 2.05) is 6.07 Å². The van der Waals surface area contributed by atoms with Crippen LogP contribution in [0.3, 0.4) is 0 Å². The molecule has 72 valence electrons. The molecule has 0 saturated carbocycles. The second-order valence-electron chi connectivity index (χ2n) is 3.42. The summed E-state index contributed by atoms with van der Waals surface area (Å²) in [4.78, 5) is 0. The van der Waals surface area contributed by atoms with Crippen LogP contribution in [0, 0.1) is 12.7 Å². The molecule has 1 aromatic carbocycles. The minimum atomic E-state index is -0.144. The zero-order valence-corrected chi connectivity index (χ0v) is 8.39. The molecule has 0 aliphatic carbocycles. The topological polar surface area (TPSA) is 12.0 Å². The third kappa shape index (κ3) is 2.72. The van der Waals surface area contributed by atoms with Gasteiger partial charge in [-0.05, 0) is 44.0 Å². The van der Waals surface area contributed by atoms with E-state index in [9.17, 15) is 4.39 Å². The molecule has 1 nitrogen and oxygen atoms in total. The lowest BCUT2D eigenvalue weighted by Gasteiger charge is -2.13. The molecule has 1 atom stereocenters. The number of hydrogen-bond acceptors (Lipinski definition) is 1. The molecular weight excluding hydrogens is 165 g/mol. The molecule has 1 rings (SSSR count). The average molecular weight is 181 g/mol. The van der Waals surface area contributed by atoms with E-state index in [2.05, 4.69) is 19.2 Å². The van der Waals surface area contributed by atoms with Crippen LogP contribution in [0.1, 0.15) is 25.8 Å². The van der Waals surface area contributed by atoms with Crippen molar-refractivity contribution < 1.29 is 4.39 Å². The molecule has 0 radical (unpaired) electrons. The highest BCUT2D eigenvalue weighted by atomic mass is 19.1. The van der Waals surface area contributed by atoms with Gasteiger partial charge >= 0.3 is 0 Å². The molecule has 2 heteroatoms. The Bertz CT molecular complexity index is 283. The molecule has 1 unspecified atom stereocenters. The van der Waals surface area contributed by atoms with Crippen molar-refractivity contribution in [1.82, 2.24) is 0 Å². The van der Waals surface area contributed by atoms with Crippen molar-refractivity contribution in [3.05, 3.63) is 29.6 Å². The maximum atomic E-state index is 12.9. The lowest BCUT2D eigenvalue weighted by molar-refractivity contribution is 0.618. The van der Waals surface area contributed by atoms with Crippen LogP contribution in [0.5, 0.6) is 0 Å². The van der Waals surface area contributed by atoms with E-state index >= 15 is 0 Å². The van der Waals surface area contributed by atoms with Gasteiger partial charge in [0.15, 0.2) is 0 Å². The highest BCUT2D eigenvalue weighted by molar-refractivity contribution is 5.46. The Morgan fingerprint density at radius 3 is 2.69 bits per heavy atom. The summed E-state index contributed by atoms with van der Waals surface area (Å²) in [6.45, 7) is 6.00. The van der Waals surface area contributed by atoms with E-state index in [1.165, 1.54) is 6.07 Å². The Morgan fingerprint density at radius 2 is 2.15 bits per heavy atom. The van der Waals surface area contributed by atoms with Gasteiger partial charge in [0, 0.05) is 11.7 Å². The SMILES string of the molecule is CCC(C)Nc1ccc(F)c(C)c1. The summed E-state index contributed by atoms with van der Waals surface area (Å²) < 4.78 is 12.9. The van der Waals surface area contributed by atoms with Gasteiger partial charge in [-0.3, -0.25) is 0 Å². The normalized spacial score (nSPS) is 12.6. The average Bonchev–Trinajstić information content (AvgIpc) is 2.11. The highest BCUT2D eigenvalue weighted by Gasteiger charge is 2.01. The number of anilines is 1. The molecule has 1 N–H and O–H groups in total. The molecule has 0 amide bonds. The smallest absolute Gasteiger partial charge is 0.126 e. The van der Waals surface area contributed by atoms with Crippen molar-refractivity contribution >= 4 is 5.69 Å². The van der Waals surface area contributed by atoms with Crippen molar-refractivity contribution in [1.29, 1.82) is 0 Å². The molecule has 1 aromatic rings. The van der Waals surface area contributed by atoms with Gasteiger partial charge in [0.1, 0.15) is 5.82 Å². The Labute approximate surface area is 79.0 Å². The molecule has 0 spiro atoms. The zero-order chi connectivity index (χ0) is 9.84. The van der Waals surface area contributed by atoms with E-state index in [4.69, 9.17) is 0 Å². The van der Waals surface area contributed by atoms with Crippen LogP contribution >= 0.6 is 0 Å². The number of rotatable bonds is 3. The van der Waals surface area contributed by atoms with Gasteiger partial charge in [-0.25, -0.2) is 4.39 Å². The summed E-state index contributed by atoms with van der Waals surface area (Å²) in [6, 6.07) is 5.54. The predicted octanol–water partition coefficient (Wildman–Crippen LogP) is 3.34. The molecule has 0 aliphatic heterocycles. The monoisotopic (exact) mass is 181 g/mol.